The Bertz CT molecular complexity index is 4190. The second-order valence-corrected chi connectivity index (χ2v) is 22.9. The average molecular weight is 935 g/mol. The molecule has 0 atom stereocenters. The lowest BCUT2D eigenvalue weighted by molar-refractivity contribution is 0.464. The minimum Gasteiger partial charge on any atom is -0.458 e. The zero-order chi connectivity index (χ0) is 47.3. The normalized spacial score (nSPS) is 12.6. The van der Waals surface area contributed by atoms with Gasteiger partial charge in [0, 0.05) is 38.8 Å². The summed E-state index contributed by atoms with van der Waals surface area (Å²) in [6.45, 7) is -0.142. The van der Waals surface area contributed by atoms with E-state index in [-0.39, 0.29) is 6.71 Å². The molecule has 0 N–H and O–H groups in total. The Morgan fingerprint density at radius 3 is 1.42 bits per heavy atom. The molecule has 4 heterocycles. The van der Waals surface area contributed by atoms with Crippen LogP contribution in [-0.4, -0.2) is 23.9 Å². The highest BCUT2D eigenvalue weighted by molar-refractivity contribution is 7.20. The van der Waals surface area contributed by atoms with Gasteiger partial charge in [0.05, 0.1) is 27.8 Å². The first-order chi connectivity index (χ1) is 35.7. The van der Waals surface area contributed by atoms with Crippen LogP contribution >= 0.6 is 0 Å². The number of aromatic nitrogens is 2. The molecule has 0 spiro atoms. The molecular formula is C66H43BN2O2Si. The number of para-hydroxylation sites is 4. The molecule has 0 aliphatic carbocycles. The minimum atomic E-state index is -2.91. The van der Waals surface area contributed by atoms with E-state index in [0.717, 1.165) is 78.4 Å². The molecule has 0 amide bonds. The molecule has 336 valence electrons. The fourth-order valence-electron chi connectivity index (χ4n) is 12.4. The van der Waals surface area contributed by atoms with Gasteiger partial charge in [-0.1, -0.05) is 194 Å². The molecule has 0 fully saturated rings. The topological polar surface area (TPSA) is 28.3 Å². The van der Waals surface area contributed by atoms with Crippen molar-refractivity contribution in [3.05, 3.63) is 261 Å². The predicted molar refractivity (Wildman–Crippen MR) is 302 cm³/mol. The highest BCUT2D eigenvalue weighted by Crippen LogP contribution is 2.43. The lowest BCUT2D eigenvalue weighted by atomic mass is 9.34. The summed E-state index contributed by atoms with van der Waals surface area (Å²) in [6, 6.07) is 95.7. The van der Waals surface area contributed by atoms with Gasteiger partial charge in [-0.05, 0) is 103 Å². The van der Waals surface area contributed by atoms with E-state index in [9.17, 15) is 0 Å². The van der Waals surface area contributed by atoms with Gasteiger partial charge in [0.25, 0.3) is 6.71 Å². The zero-order valence-corrected chi connectivity index (χ0v) is 40.1. The fraction of sp³-hybridized carbons (Fsp3) is 0. The molecule has 15 rings (SSSR count). The summed E-state index contributed by atoms with van der Waals surface area (Å²) in [4.78, 5) is 0. The summed E-state index contributed by atoms with van der Waals surface area (Å²) in [6.07, 6.45) is 0. The summed E-state index contributed by atoms with van der Waals surface area (Å²) in [5.74, 6) is 3.35. The quantitative estimate of drug-likeness (QED) is 0.118. The van der Waals surface area contributed by atoms with Gasteiger partial charge < -0.3 is 18.6 Å². The Morgan fingerprint density at radius 2 is 0.792 bits per heavy atom. The predicted octanol–water partition coefficient (Wildman–Crippen LogP) is 11.7. The maximum Gasteiger partial charge on any atom is 0.261 e. The van der Waals surface area contributed by atoms with E-state index in [4.69, 9.17) is 9.47 Å². The number of rotatable bonds is 7. The highest BCUT2D eigenvalue weighted by atomic mass is 28.3. The largest absolute Gasteiger partial charge is 0.458 e. The van der Waals surface area contributed by atoms with Crippen molar-refractivity contribution < 1.29 is 9.47 Å². The van der Waals surface area contributed by atoms with E-state index in [1.165, 1.54) is 47.8 Å². The third kappa shape index (κ3) is 5.93. The van der Waals surface area contributed by atoms with Gasteiger partial charge in [-0.2, -0.15) is 0 Å². The maximum absolute atomic E-state index is 7.27. The van der Waals surface area contributed by atoms with Crippen molar-refractivity contribution >= 4 is 95.5 Å². The molecule has 2 aliphatic rings. The Morgan fingerprint density at radius 1 is 0.306 bits per heavy atom. The number of benzene rings is 11. The van der Waals surface area contributed by atoms with E-state index in [0.29, 0.717) is 0 Å². The van der Waals surface area contributed by atoms with Crippen molar-refractivity contribution in [3.8, 4) is 45.5 Å². The lowest BCUT2D eigenvalue weighted by Gasteiger charge is -2.36. The van der Waals surface area contributed by atoms with E-state index in [2.05, 4.69) is 264 Å². The number of nitrogens with zero attached hydrogens (tertiary/aromatic N) is 2. The summed E-state index contributed by atoms with van der Waals surface area (Å²) in [5, 5.41) is 10.2. The molecule has 6 heteroatoms. The fourth-order valence-corrected chi connectivity index (χ4v) is 17.2. The molecule has 0 saturated heterocycles. The minimum absolute atomic E-state index is 0.142. The number of fused-ring (bicyclic) bond motifs is 10. The van der Waals surface area contributed by atoms with Crippen molar-refractivity contribution in [2.24, 2.45) is 0 Å². The van der Waals surface area contributed by atoms with E-state index < -0.39 is 8.07 Å². The van der Waals surface area contributed by atoms with Crippen LogP contribution in [0.5, 0.6) is 23.0 Å². The third-order valence-electron chi connectivity index (χ3n) is 15.4. The lowest BCUT2D eigenvalue weighted by Crippen LogP contribution is -2.74. The van der Waals surface area contributed by atoms with Crippen LogP contribution in [0.2, 0.25) is 0 Å². The SMILES string of the molecule is c1ccc(-n2c3ccccc3c3cc4c5ccccc5n(-c5cc6c(c(-c7cccc([Si](c8ccccc8)(c8ccccc8)c8ccccc8)c7)c5)B5c7ccccc7Oc7cccc(c75)O6)c4cc32)cc1. The zero-order valence-electron chi connectivity index (χ0n) is 39.1. The summed E-state index contributed by atoms with van der Waals surface area (Å²) in [7, 11) is -2.91. The summed E-state index contributed by atoms with van der Waals surface area (Å²) in [5.41, 5.74) is 12.3. The van der Waals surface area contributed by atoms with E-state index >= 15 is 0 Å². The van der Waals surface area contributed by atoms with Crippen LogP contribution in [0.4, 0.5) is 0 Å². The molecule has 0 radical (unpaired) electrons. The molecule has 4 nitrogen and oxygen atoms in total. The maximum atomic E-state index is 7.27. The second-order valence-electron chi connectivity index (χ2n) is 19.1. The van der Waals surface area contributed by atoms with Crippen LogP contribution in [0.1, 0.15) is 0 Å². The van der Waals surface area contributed by atoms with E-state index in [1.807, 2.05) is 6.07 Å². The first-order valence-electron chi connectivity index (χ1n) is 24.8. The van der Waals surface area contributed by atoms with Crippen LogP contribution in [0.15, 0.2) is 261 Å². The van der Waals surface area contributed by atoms with Gasteiger partial charge in [0.1, 0.15) is 23.0 Å². The van der Waals surface area contributed by atoms with Gasteiger partial charge in [-0.15, -0.1) is 0 Å². The van der Waals surface area contributed by atoms with Gasteiger partial charge >= 0.3 is 0 Å². The van der Waals surface area contributed by atoms with Crippen LogP contribution in [0, 0.1) is 0 Å². The monoisotopic (exact) mass is 934 g/mol. The molecule has 2 aromatic heterocycles. The standard InChI is InChI=1S/C66H43BN2O2Si/c1-5-22-45(23-6-1)68-57-34-16-13-31-51(57)54-42-55-52-32-14-17-35-58(52)69(60(55)43-59(54)68)46-40-53(65-64(41-46)71-63-38-20-37-62-66(63)67(65)56-33-15-18-36-61(56)70-62)44-21-19-30-50(39-44)72(47-24-7-2-8-25-47,48-26-9-3-10-27-48)49-28-11-4-12-29-49/h1-43H. The Kier molecular flexibility index (Phi) is 9.04. The van der Waals surface area contributed by atoms with Crippen molar-refractivity contribution in [1.29, 1.82) is 0 Å². The Balaban J connectivity index is 1.05. The van der Waals surface area contributed by atoms with Gasteiger partial charge in [-0.3, -0.25) is 0 Å². The number of hydrogen-bond donors (Lipinski definition) is 0. The molecule has 11 aromatic carbocycles. The van der Waals surface area contributed by atoms with Gasteiger partial charge in [0.15, 0.2) is 8.07 Å². The molecule has 0 saturated carbocycles. The molecule has 0 bridgehead atoms. The van der Waals surface area contributed by atoms with Crippen molar-refractivity contribution in [3.63, 3.8) is 0 Å². The molecule has 72 heavy (non-hydrogen) atoms. The van der Waals surface area contributed by atoms with E-state index in [1.54, 1.807) is 0 Å². The smallest absolute Gasteiger partial charge is 0.261 e. The van der Waals surface area contributed by atoms with Crippen LogP contribution in [0.25, 0.3) is 66.1 Å². The Hall–Kier alpha value is -9.10. The third-order valence-corrected chi connectivity index (χ3v) is 20.1. The Labute approximate surface area is 418 Å². The molecule has 2 aliphatic heterocycles. The molecule has 0 unspecified atom stereocenters. The summed E-state index contributed by atoms with van der Waals surface area (Å²) >= 11 is 0. The van der Waals surface area contributed by atoms with Crippen LogP contribution in [-0.2, 0) is 0 Å². The molecule has 13 aromatic rings. The van der Waals surface area contributed by atoms with Crippen LogP contribution in [0.3, 0.4) is 0 Å². The average Bonchev–Trinajstić information content (AvgIpc) is 3.95. The first-order valence-corrected chi connectivity index (χ1v) is 26.8. The van der Waals surface area contributed by atoms with Crippen LogP contribution < -0.4 is 46.6 Å². The second kappa shape index (κ2) is 16.0. The van der Waals surface area contributed by atoms with Crippen molar-refractivity contribution in [1.82, 2.24) is 9.13 Å². The highest BCUT2D eigenvalue weighted by Gasteiger charge is 2.44. The molecular weight excluding hydrogens is 892 g/mol. The van der Waals surface area contributed by atoms with Gasteiger partial charge in [0.2, 0.25) is 0 Å². The number of hydrogen-bond acceptors (Lipinski definition) is 2. The number of ether oxygens (including phenoxy) is 2. The summed E-state index contributed by atoms with van der Waals surface area (Å²) < 4.78 is 18.8. The van der Waals surface area contributed by atoms with Crippen molar-refractivity contribution in [2.45, 2.75) is 0 Å². The first kappa shape index (κ1) is 40.8. The van der Waals surface area contributed by atoms with Crippen molar-refractivity contribution in [2.75, 3.05) is 0 Å². The van der Waals surface area contributed by atoms with Gasteiger partial charge in [-0.25, -0.2) is 0 Å².